The molecule has 0 saturated carbocycles. The predicted molar refractivity (Wildman–Crippen MR) is 157 cm³/mol. The molecule has 0 aliphatic carbocycles. The van der Waals surface area contributed by atoms with Crippen molar-refractivity contribution in [1.82, 2.24) is 14.7 Å². The van der Waals surface area contributed by atoms with E-state index < -0.39 is 28.9 Å². The lowest BCUT2D eigenvalue weighted by atomic mass is 9.83. The molecule has 0 saturated heterocycles. The van der Waals surface area contributed by atoms with Crippen LogP contribution in [0.2, 0.25) is 0 Å². The van der Waals surface area contributed by atoms with Gasteiger partial charge in [-0.2, -0.15) is 18.2 Å². The Morgan fingerprint density at radius 3 is 2.55 bits per heavy atom. The largest absolute Gasteiger partial charge is 0.416 e. The first-order chi connectivity index (χ1) is 20.0. The molecular formula is C30H28F4N6OS. The van der Waals surface area contributed by atoms with Crippen LogP contribution in [0.5, 0.6) is 0 Å². The van der Waals surface area contributed by atoms with Crippen molar-refractivity contribution in [2.75, 3.05) is 29.0 Å². The van der Waals surface area contributed by atoms with E-state index in [0.29, 0.717) is 29.4 Å². The molecule has 0 unspecified atom stereocenters. The smallest absolute Gasteiger partial charge is 0.369 e. The summed E-state index contributed by atoms with van der Waals surface area (Å²) in [6, 6.07) is 16.7. The van der Waals surface area contributed by atoms with E-state index in [0.717, 1.165) is 35.7 Å². The Labute approximate surface area is 244 Å². The number of rotatable bonds is 4. The quantitative estimate of drug-likeness (QED) is 0.144. The summed E-state index contributed by atoms with van der Waals surface area (Å²) in [5.74, 6) is -0.477. The fourth-order valence-corrected chi connectivity index (χ4v) is 5.08. The van der Waals surface area contributed by atoms with Gasteiger partial charge in [0.25, 0.3) is 0 Å². The number of nitrogens with one attached hydrogen (secondary N) is 4. The Balaban J connectivity index is 1.38. The van der Waals surface area contributed by atoms with Gasteiger partial charge in [0.05, 0.1) is 16.7 Å². The van der Waals surface area contributed by atoms with Crippen molar-refractivity contribution < 1.29 is 22.4 Å². The van der Waals surface area contributed by atoms with Crippen LogP contribution in [0.3, 0.4) is 0 Å². The fourth-order valence-electron chi connectivity index (χ4n) is 4.33. The van der Waals surface area contributed by atoms with Gasteiger partial charge in [-0.05, 0) is 79.7 Å². The van der Waals surface area contributed by atoms with Crippen LogP contribution < -0.4 is 20.7 Å². The molecule has 4 bridgehead atoms. The molecule has 0 atom stereocenters. The minimum Gasteiger partial charge on any atom is -0.369 e. The molecule has 42 heavy (non-hydrogen) atoms. The zero-order valence-corrected chi connectivity index (χ0v) is 23.6. The van der Waals surface area contributed by atoms with Gasteiger partial charge in [-0.1, -0.05) is 30.3 Å². The number of hydrogen-bond acceptors (Lipinski definition) is 7. The fraction of sp³-hybridized carbons (Fsp3) is 0.233. The average Bonchev–Trinajstić information content (AvgIpc) is 2.96. The van der Waals surface area contributed by atoms with E-state index >= 15 is 4.39 Å². The van der Waals surface area contributed by atoms with Crippen molar-refractivity contribution in [3.63, 3.8) is 0 Å². The van der Waals surface area contributed by atoms with E-state index in [1.165, 1.54) is 50.1 Å². The molecule has 4 N–H and O–H groups in total. The maximum absolute atomic E-state index is 15.3. The summed E-state index contributed by atoms with van der Waals surface area (Å²) in [7, 11) is 0. The number of carbonyl (C=O) groups is 1. The zero-order valence-electron chi connectivity index (χ0n) is 22.8. The molecule has 0 spiro atoms. The number of nitrogens with zero attached hydrogens (tertiary/aromatic N) is 2. The number of aromatic nitrogens is 2. The third-order valence-corrected chi connectivity index (χ3v) is 7.66. The van der Waals surface area contributed by atoms with Crippen molar-refractivity contribution in [1.29, 1.82) is 0 Å². The van der Waals surface area contributed by atoms with Crippen LogP contribution in [0.4, 0.5) is 40.7 Å². The molecule has 1 amide bonds. The summed E-state index contributed by atoms with van der Waals surface area (Å²) in [6.45, 7) is 4.33. The maximum Gasteiger partial charge on any atom is 0.416 e. The van der Waals surface area contributed by atoms with Crippen molar-refractivity contribution >= 4 is 41.0 Å². The second kappa shape index (κ2) is 12.0. The Kier molecular flexibility index (Phi) is 8.37. The molecule has 0 radical (unpaired) electrons. The van der Waals surface area contributed by atoms with Crippen molar-refractivity contribution in [2.24, 2.45) is 0 Å². The molecule has 2 heterocycles. The van der Waals surface area contributed by atoms with E-state index in [1.54, 1.807) is 12.3 Å². The van der Waals surface area contributed by atoms with Gasteiger partial charge in [-0.25, -0.2) is 9.37 Å². The van der Waals surface area contributed by atoms with Crippen LogP contribution >= 0.6 is 11.9 Å². The number of halogens is 4. The molecule has 3 aromatic carbocycles. The van der Waals surface area contributed by atoms with Gasteiger partial charge < -0.3 is 16.0 Å². The molecule has 1 aliphatic rings. The number of carbonyl (C=O) groups excluding carboxylic acids is 1. The highest BCUT2D eigenvalue weighted by atomic mass is 32.2. The number of hydrogen-bond donors (Lipinski definition) is 4. The molecule has 0 fully saturated rings. The Hall–Kier alpha value is -4.16. The lowest BCUT2D eigenvalue weighted by Gasteiger charge is -2.25. The van der Waals surface area contributed by atoms with Crippen LogP contribution in [0.15, 0.2) is 77.8 Å². The minimum atomic E-state index is -4.55. The second-order valence-corrected chi connectivity index (χ2v) is 11.2. The van der Waals surface area contributed by atoms with E-state index in [2.05, 4.69) is 30.6 Å². The van der Waals surface area contributed by atoms with E-state index in [1.807, 2.05) is 24.3 Å². The molecule has 218 valence electrons. The van der Waals surface area contributed by atoms with Gasteiger partial charge in [0.2, 0.25) is 11.9 Å². The predicted octanol–water partition coefficient (Wildman–Crippen LogP) is 7.37. The molecule has 12 heteroatoms. The van der Waals surface area contributed by atoms with Gasteiger partial charge in [-0.15, -0.1) is 0 Å². The van der Waals surface area contributed by atoms with Gasteiger partial charge in [0, 0.05) is 35.4 Å². The van der Waals surface area contributed by atoms with Crippen LogP contribution in [0.25, 0.3) is 11.1 Å². The van der Waals surface area contributed by atoms with Gasteiger partial charge in [-0.3, -0.25) is 9.52 Å². The van der Waals surface area contributed by atoms with E-state index in [4.69, 9.17) is 0 Å². The third kappa shape index (κ3) is 6.66. The van der Waals surface area contributed by atoms with Crippen LogP contribution in [-0.4, -0.2) is 29.0 Å². The highest BCUT2D eigenvalue weighted by molar-refractivity contribution is 7.97. The molecular weight excluding hydrogens is 568 g/mol. The summed E-state index contributed by atoms with van der Waals surface area (Å²) in [4.78, 5) is 23.2. The van der Waals surface area contributed by atoms with Crippen molar-refractivity contribution in [3.05, 3.63) is 89.9 Å². The van der Waals surface area contributed by atoms with Gasteiger partial charge in [0.1, 0.15) is 11.6 Å². The first kappa shape index (κ1) is 29.3. The number of amides is 1. The normalized spacial score (nSPS) is 14.0. The molecule has 1 aliphatic heterocycles. The van der Waals surface area contributed by atoms with Crippen LogP contribution in [0, 0.1) is 5.82 Å². The second-order valence-electron chi connectivity index (χ2n) is 10.2. The highest BCUT2D eigenvalue weighted by Gasteiger charge is 2.35. The van der Waals surface area contributed by atoms with Crippen molar-refractivity contribution in [2.45, 2.75) is 36.8 Å². The number of benzene rings is 3. The van der Waals surface area contributed by atoms with Crippen LogP contribution in [-0.2, 0) is 16.4 Å². The van der Waals surface area contributed by atoms with Gasteiger partial charge in [0.15, 0.2) is 0 Å². The SMILES string of the molecule is CC(C)(C(=O)Nc1ccc(-c2cnc3nc2NCCCNSc2cccc(c2)N3)cc1F)c1cccc(C(F)(F)F)c1. The first-order valence-corrected chi connectivity index (χ1v) is 14.0. The zero-order chi connectivity index (χ0) is 29.9. The summed E-state index contributed by atoms with van der Waals surface area (Å²) < 4.78 is 58.3. The molecule has 5 rings (SSSR count). The molecule has 7 nitrogen and oxygen atoms in total. The summed E-state index contributed by atoms with van der Waals surface area (Å²) in [5, 5.41) is 9.03. The maximum atomic E-state index is 15.3. The molecule has 4 aromatic rings. The average molecular weight is 597 g/mol. The number of alkyl halides is 3. The van der Waals surface area contributed by atoms with Crippen molar-refractivity contribution in [3.8, 4) is 11.1 Å². The number of fused-ring (bicyclic) bond motifs is 4. The van der Waals surface area contributed by atoms with E-state index in [-0.39, 0.29) is 11.3 Å². The Bertz CT molecular complexity index is 1610. The standard InChI is InChI=1S/C30H28F4N6OS/c1-29(2,19-6-3-7-20(15-19)30(32,33)34)27(41)39-25-11-10-18(14-24(25)31)23-17-36-28-38-21-8-4-9-22(16-21)42-37-13-5-12-35-26(23)40-28/h3-4,6-11,14-17,37H,5,12-13H2,1-2H3,(H,39,41)(H2,35,36,38,40). The topological polar surface area (TPSA) is 91.0 Å². The summed E-state index contributed by atoms with van der Waals surface area (Å²) in [6.07, 6.45) is -2.15. The summed E-state index contributed by atoms with van der Waals surface area (Å²) in [5.41, 5.74) is -0.304. The monoisotopic (exact) mass is 596 g/mol. The first-order valence-electron chi connectivity index (χ1n) is 13.2. The van der Waals surface area contributed by atoms with Crippen LogP contribution in [0.1, 0.15) is 31.4 Å². The highest BCUT2D eigenvalue weighted by Crippen LogP contribution is 2.35. The third-order valence-electron chi connectivity index (χ3n) is 6.82. The molecule has 1 aromatic heterocycles. The lowest BCUT2D eigenvalue weighted by molar-refractivity contribution is -0.137. The minimum absolute atomic E-state index is 0.0978. The Morgan fingerprint density at radius 1 is 0.976 bits per heavy atom. The lowest BCUT2D eigenvalue weighted by Crippen LogP contribution is -2.35. The number of anilines is 4. The summed E-state index contributed by atoms with van der Waals surface area (Å²) >= 11 is 1.54. The van der Waals surface area contributed by atoms with Gasteiger partial charge >= 0.3 is 6.18 Å². The van der Waals surface area contributed by atoms with E-state index in [9.17, 15) is 18.0 Å². The Morgan fingerprint density at radius 2 is 1.76 bits per heavy atom.